The molecule has 0 aliphatic carbocycles. The Morgan fingerprint density at radius 1 is 1.26 bits per heavy atom. The van der Waals surface area contributed by atoms with E-state index in [9.17, 15) is 5.11 Å². The van der Waals surface area contributed by atoms with E-state index in [1.165, 1.54) is 0 Å². The molecule has 0 saturated carbocycles. The Bertz CT molecular complexity index is 409. The number of hydrogen-bond donors (Lipinski definition) is 2. The second-order valence-corrected chi connectivity index (χ2v) is 4.89. The van der Waals surface area contributed by atoms with Crippen molar-refractivity contribution in [3.8, 4) is 11.8 Å². The van der Waals surface area contributed by atoms with Crippen molar-refractivity contribution in [2.24, 2.45) is 0 Å². The Hall–Kier alpha value is -1.57. The van der Waals surface area contributed by atoms with Crippen LogP contribution in [0.5, 0.6) is 5.75 Å². The lowest BCUT2D eigenvalue weighted by Gasteiger charge is -2.21. The van der Waals surface area contributed by atoms with E-state index in [0.717, 1.165) is 12.0 Å². The number of nitrogens with zero attached hydrogens (tertiary/aromatic N) is 1. The highest BCUT2D eigenvalue weighted by molar-refractivity contribution is 5.29. The first kappa shape index (κ1) is 15.5. The smallest absolute Gasteiger partial charge is 0.174 e. The highest BCUT2D eigenvalue weighted by Crippen LogP contribution is 2.18. The van der Waals surface area contributed by atoms with Crippen LogP contribution in [0.15, 0.2) is 24.3 Å². The Labute approximate surface area is 115 Å². The van der Waals surface area contributed by atoms with Crippen LogP contribution in [0.1, 0.15) is 38.8 Å². The first-order chi connectivity index (χ1) is 9.02. The molecule has 19 heavy (non-hydrogen) atoms. The van der Waals surface area contributed by atoms with Crippen LogP contribution in [0.25, 0.3) is 0 Å². The zero-order chi connectivity index (χ0) is 14.3. The van der Waals surface area contributed by atoms with Crippen LogP contribution in [0.2, 0.25) is 0 Å². The average Bonchev–Trinajstić information content (AvgIpc) is 2.35. The van der Waals surface area contributed by atoms with E-state index in [1.54, 1.807) is 6.92 Å². The molecule has 104 valence electrons. The summed E-state index contributed by atoms with van der Waals surface area (Å²) in [5.41, 5.74) is 1.15. The molecule has 0 heterocycles. The molecular formula is C15H22N2O2. The van der Waals surface area contributed by atoms with Gasteiger partial charge in [-0.2, -0.15) is 5.26 Å². The van der Waals surface area contributed by atoms with Crippen molar-refractivity contribution >= 4 is 0 Å². The summed E-state index contributed by atoms with van der Waals surface area (Å²) in [4.78, 5) is 0. The number of nitrogens with one attached hydrogen (secondary N) is 1. The molecule has 0 aliphatic rings. The summed E-state index contributed by atoms with van der Waals surface area (Å²) in [6, 6.07) is 10.1. The van der Waals surface area contributed by atoms with E-state index < -0.39 is 0 Å². The molecule has 0 aliphatic heterocycles. The number of ether oxygens (including phenoxy) is 1. The van der Waals surface area contributed by atoms with Gasteiger partial charge >= 0.3 is 0 Å². The van der Waals surface area contributed by atoms with Crippen molar-refractivity contribution in [3.63, 3.8) is 0 Å². The summed E-state index contributed by atoms with van der Waals surface area (Å²) in [7, 11) is 0. The Kier molecular flexibility index (Phi) is 6.34. The molecule has 0 saturated heterocycles. The zero-order valence-electron chi connectivity index (χ0n) is 11.8. The molecule has 3 atom stereocenters. The van der Waals surface area contributed by atoms with Gasteiger partial charge in [-0.1, -0.05) is 12.1 Å². The van der Waals surface area contributed by atoms with Gasteiger partial charge < -0.3 is 15.2 Å². The van der Waals surface area contributed by atoms with Gasteiger partial charge in [0.2, 0.25) is 0 Å². The Balaban J connectivity index is 2.53. The first-order valence-corrected chi connectivity index (χ1v) is 6.56. The van der Waals surface area contributed by atoms with Gasteiger partial charge in [0, 0.05) is 12.1 Å². The zero-order valence-corrected chi connectivity index (χ0v) is 11.8. The van der Waals surface area contributed by atoms with E-state index in [2.05, 4.69) is 19.2 Å². The Morgan fingerprint density at radius 2 is 1.89 bits per heavy atom. The van der Waals surface area contributed by atoms with Crippen LogP contribution < -0.4 is 10.1 Å². The minimum absolute atomic E-state index is 0.0680. The molecule has 0 radical (unpaired) electrons. The molecule has 1 aromatic carbocycles. The van der Waals surface area contributed by atoms with Crippen LogP contribution >= 0.6 is 0 Å². The molecule has 4 heteroatoms. The minimum atomic E-state index is -0.295. The predicted octanol–water partition coefficient (Wildman–Crippen LogP) is 2.40. The van der Waals surface area contributed by atoms with Crippen molar-refractivity contribution in [2.75, 3.05) is 6.61 Å². The molecule has 1 aromatic rings. The van der Waals surface area contributed by atoms with Crippen LogP contribution in [0.4, 0.5) is 0 Å². The van der Waals surface area contributed by atoms with Crippen LogP contribution in [-0.4, -0.2) is 23.9 Å². The lowest BCUT2D eigenvalue weighted by molar-refractivity contribution is 0.168. The third-order valence-electron chi connectivity index (χ3n) is 2.91. The van der Waals surface area contributed by atoms with E-state index in [1.807, 2.05) is 30.3 Å². The molecule has 4 nitrogen and oxygen atoms in total. The summed E-state index contributed by atoms with van der Waals surface area (Å²) < 4.78 is 5.21. The number of nitriles is 1. The minimum Gasteiger partial charge on any atom is -0.479 e. The highest BCUT2D eigenvalue weighted by Gasteiger charge is 2.11. The molecule has 0 amide bonds. The van der Waals surface area contributed by atoms with Crippen molar-refractivity contribution < 1.29 is 9.84 Å². The van der Waals surface area contributed by atoms with Crippen LogP contribution in [0.3, 0.4) is 0 Å². The number of aliphatic hydroxyl groups excluding tert-OH is 1. The number of hydrogen-bond acceptors (Lipinski definition) is 4. The lowest BCUT2D eigenvalue weighted by Crippen LogP contribution is -2.31. The number of aliphatic hydroxyl groups is 1. The predicted molar refractivity (Wildman–Crippen MR) is 74.9 cm³/mol. The Morgan fingerprint density at radius 3 is 2.42 bits per heavy atom. The van der Waals surface area contributed by atoms with Gasteiger partial charge in [-0.05, 0) is 44.9 Å². The van der Waals surface area contributed by atoms with E-state index in [-0.39, 0.29) is 24.8 Å². The molecule has 2 N–H and O–H groups in total. The molecule has 3 unspecified atom stereocenters. The van der Waals surface area contributed by atoms with Crippen LogP contribution in [-0.2, 0) is 0 Å². The average molecular weight is 262 g/mol. The summed E-state index contributed by atoms with van der Waals surface area (Å²) in [5, 5.41) is 21.2. The fraction of sp³-hybridized carbons (Fsp3) is 0.533. The fourth-order valence-electron chi connectivity index (χ4n) is 2.07. The van der Waals surface area contributed by atoms with Gasteiger partial charge in [0.1, 0.15) is 11.8 Å². The van der Waals surface area contributed by atoms with Gasteiger partial charge in [0.15, 0.2) is 6.61 Å². The molecule has 0 bridgehead atoms. The fourth-order valence-corrected chi connectivity index (χ4v) is 2.07. The lowest BCUT2D eigenvalue weighted by atomic mass is 10.1. The monoisotopic (exact) mass is 262 g/mol. The molecule has 1 rings (SSSR count). The summed E-state index contributed by atoms with van der Waals surface area (Å²) in [6.45, 7) is 6.01. The van der Waals surface area contributed by atoms with Gasteiger partial charge in [-0.3, -0.25) is 0 Å². The van der Waals surface area contributed by atoms with Gasteiger partial charge in [0.25, 0.3) is 0 Å². The second kappa shape index (κ2) is 7.78. The topological polar surface area (TPSA) is 65.3 Å². The third-order valence-corrected chi connectivity index (χ3v) is 2.91. The van der Waals surface area contributed by atoms with E-state index in [0.29, 0.717) is 5.75 Å². The quantitative estimate of drug-likeness (QED) is 0.792. The maximum absolute atomic E-state index is 9.34. The SMILES string of the molecule is CC(O)CC(C)NC(C)c1ccc(OCC#N)cc1. The third kappa shape index (κ3) is 5.73. The number of benzene rings is 1. The first-order valence-electron chi connectivity index (χ1n) is 6.56. The van der Waals surface area contributed by atoms with Crippen molar-refractivity contribution in [3.05, 3.63) is 29.8 Å². The van der Waals surface area contributed by atoms with E-state index >= 15 is 0 Å². The molecule has 0 fully saturated rings. The number of rotatable bonds is 7. The maximum atomic E-state index is 9.34. The van der Waals surface area contributed by atoms with Crippen molar-refractivity contribution in [1.82, 2.24) is 5.32 Å². The molecule has 0 spiro atoms. The standard InChI is InChI=1S/C15H22N2O2/c1-11(10-12(2)18)17-13(3)14-4-6-15(7-5-14)19-9-8-16/h4-7,11-13,17-18H,9-10H2,1-3H3. The van der Waals surface area contributed by atoms with E-state index in [4.69, 9.17) is 10.00 Å². The molecule has 0 aromatic heterocycles. The van der Waals surface area contributed by atoms with Crippen molar-refractivity contribution in [1.29, 1.82) is 5.26 Å². The van der Waals surface area contributed by atoms with Gasteiger partial charge in [0.05, 0.1) is 6.10 Å². The largest absolute Gasteiger partial charge is 0.479 e. The van der Waals surface area contributed by atoms with Gasteiger partial charge in [-0.15, -0.1) is 0 Å². The molecular weight excluding hydrogens is 240 g/mol. The summed E-state index contributed by atoms with van der Waals surface area (Å²) >= 11 is 0. The van der Waals surface area contributed by atoms with Crippen LogP contribution in [0, 0.1) is 11.3 Å². The highest BCUT2D eigenvalue weighted by atomic mass is 16.5. The van der Waals surface area contributed by atoms with Gasteiger partial charge in [-0.25, -0.2) is 0 Å². The normalized spacial score (nSPS) is 15.3. The summed E-state index contributed by atoms with van der Waals surface area (Å²) in [5.74, 6) is 0.703. The summed E-state index contributed by atoms with van der Waals surface area (Å²) in [6.07, 6.45) is 0.435. The van der Waals surface area contributed by atoms with Crippen molar-refractivity contribution in [2.45, 2.75) is 45.4 Å². The maximum Gasteiger partial charge on any atom is 0.174 e. The second-order valence-electron chi connectivity index (χ2n) is 4.89.